The summed E-state index contributed by atoms with van der Waals surface area (Å²) in [6, 6.07) is 10.5. The molecule has 0 fully saturated rings. The van der Waals surface area contributed by atoms with Crippen LogP contribution >= 0.6 is 31.9 Å². The van der Waals surface area contributed by atoms with E-state index in [1.165, 1.54) is 6.07 Å². The van der Waals surface area contributed by atoms with Gasteiger partial charge in [0.15, 0.2) is 11.6 Å². The zero-order chi connectivity index (χ0) is 13.1. The summed E-state index contributed by atoms with van der Waals surface area (Å²) in [6.07, 6.45) is 0. The van der Waals surface area contributed by atoms with Crippen molar-refractivity contribution in [3.63, 3.8) is 0 Å². The first-order valence-electron chi connectivity index (χ1n) is 5.38. The normalized spacial score (nSPS) is 10.4. The highest BCUT2D eigenvalue weighted by Gasteiger charge is 2.06. The van der Waals surface area contributed by atoms with Gasteiger partial charge in [0.2, 0.25) is 0 Å². The molecule has 18 heavy (non-hydrogen) atoms. The molecule has 0 aromatic heterocycles. The monoisotopic (exact) mass is 372 g/mol. The first-order valence-corrected chi connectivity index (χ1v) is 7.30. The van der Waals surface area contributed by atoms with Gasteiger partial charge in [-0.25, -0.2) is 4.39 Å². The van der Waals surface area contributed by atoms with Crippen molar-refractivity contribution in [2.75, 3.05) is 0 Å². The summed E-state index contributed by atoms with van der Waals surface area (Å²) < 4.78 is 20.3. The number of halogens is 3. The number of aryl methyl sites for hydroxylation is 1. The van der Waals surface area contributed by atoms with Gasteiger partial charge < -0.3 is 4.74 Å². The lowest BCUT2D eigenvalue weighted by atomic mass is 10.2. The summed E-state index contributed by atoms with van der Waals surface area (Å²) in [6.45, 7) is 1.96. The molecule has 0 heterocycles. The lowest BCUT2D eigenvalue weighted by molar-refractivity contribution is 0.441. The lowest BCUT2D eigenvalue weighted by Crippen LogP contribution is -1.90. The van der Waals surface area contributed by atoms with Crippen LogP contribution in [0.25, 0.3) is 0 Å². The van der Waals surface area contributed by atoms with Crippen molar-refractivity contribution >= 4 is 31.9 Å². The van der Waals surface area contributed by atoms with Gasteiger partial charge in [-0.3, -0.25) is 0 Å². The van der Waals surface area contributed by atoms with Crippen LogP contribution in [0.2, 0.25) is 0 Å². The molecule has 0 saturated carbocycles. The summed E-state index contributed by atoms with van der Waals surface area (Å²) in [4.78, 5) is 0. The van der Waals surface area contributed by atoms with E-state index in [0.717, 1.165) is 15.6 Å². The van der Waals surface area contributed by atoms with Gasteiger partial charge >= 0.3 is 0 Å². The molecule has 0 amide bonds. The maximum absolute atomic E-state index is 13.7. The molecule has 0 aliphatic rings. The van der Waals surface area contributed by atoms with Crippen molar-refractivity contribution in [2.24, 2.45) is 0 Å². The molecule has 0 atom stereocenters. The molecular weight excluding hydrogens is 363 g/mol. The van der Waals surface area contributed by atoms with E-state index in [1.807, 2.05) is 25.1 Å². The van der Waals surface area contributed by atoms with Gasteiger partial charge in [0.25, 0.3) is 0 Å². The molecule has 0 spiro atoms. The van der Waals surface area contributed by atoms with Crippen LogP contribution in [0, 0.1) is 12.7 Å². The maximum atomic E-state index is 13.7. The number of alkyl halides is 1. The minimum atomic E-state index is -0.354. The summed E-state index contributed by atoms with van der Waals surface area (Å²) >= 11 is 6.70. The highest BCUT2D eigenvalue weighted by molar-refractivity contribution is 9.10. The van der Waals surface area contributed by atoms with Gasteiger partial charge in [-0.15, -0.1) is 0 Å². The molecule has 1 nitrogen and oxygen atoms in total. The van der Waals surface area contributed by atoms with Gasteiger partial charge in [0.1, 0.15) is 5.75 Å². The standard InChI is InChI=1S/C14H11Br2FO/c1-9-6-11(3-4-12(9)16)18-14-5-2-10(8-15)7-13(14)17/h2-7H,8H2,1H3. The molecule has 0 bridgehead atoms. The Hall–Kier alpha value is -0.870. The summed E-state index contributed by atoms with van der Waals surface area (Å²) in [5, 5.41) is 0.627. The number of ether oxygens (including phenoxy) is 1. The third kappa shape index (κ3) is 3.12. The predicted molar refractivity (Wildman–Crippen MR) is 78.0 cm³/mol. The second-order valence-electron chi connectivity index (χ2n) is 3.91. The van der Waals surface area contributed by atoms with Gasteiger partial charge in [-0.2, -0.15) is 0 Å². The molecule has 94 valence electrons. The predicted octanol–water partition coefficient (Wildman–Crippen LogP) is 5.58. The van der Waals surface area contributed by atoms with Crippen LogP contribution in [0.15, 0.2) is 40.9 Å². The summed E-state index contributed by atoms with van der Waals surface area (Å²) in [5.41, 5.74) is 1.93. The van der Waals surface area contributed by atoms with Crippen LogP contribution in [0.4, 0.5) is 4.39 Å². The van der Waals surface area contributed by atoms with E-state index >= 15 is 0 Å². The van der Waals surface area contributed by atoms with E-state index in [-0.39, 0.29) is 11.6 Å². The average molecular weight is 374 g/mol. The Balaban J connectivity index is 2.25. The molecule has 0 saturated heterocycles. The Labute approximate surface area is 122 Å². The van der Waals surface area contributed by atoms with Crippen molar-refractivity contribution in [1.29, 1.82) is 0 Å². The zero-order valence-electron chi connectivity index (χ0n) is 9.71. The first kappa shape index (κ1) is 13.6. The Morgan fingerprint density at radius 3 is 2.56 bits per heavy atom. The highest BCUT2D eigenvalue weighted by atomic mass is 79.9. The quantitative estimate of drug-likeness (QED) is 0.637. The smallest absolute Gasteiger partial charge is 0.166 e. The van der Waals surface area contributed by atoms with Crippen LogP contribution < -0.4 is 4.74 Å². The molecule has 4 heteroatoms. The molecule has 0 aliphatic heterocycles. The van der Waals surface area contributed by atoms with Crippen LogP contribution in [-0.2, 0) is 5.33 Å². The topological polar surface area (TPSA) is 9.23 Å². The largest absolute Gasteiger partial charge is 0.454 e. The third-order valence-electron chi connectivity index (χ3n) is 2.51. The molecule has 0 radical (unpaired) electrons. The second kappa shape index (κ2) is 5.85. The Bertz CT molecular complexity index is 570. The molecule has 0 aliphatic carbocycles. The lowest BCUT2D eigenvalue weighted by Gasteiger charge is -2.09. The number of rotatable bonds is 3. The fraction of sp³-hybridized carbons (Fsp3) is 0.143. The van der Waals surface area contributed by atoms with Crippen molar-refractivity contribution in [3.05, 3.63) is 57.8 Å². The van der Waals surface area contributed by atoms with E-state index < -0.39 is 0 Å². The van der Waals surface area contributed by atoms with Gasteiger partial charge in [-0.1, -0.05) is 37.9 Å². The van der Waals surface area contributed by atoms with E-state index in [0.29, 0.717) is 11.1 Å². The van der Waals surface area contributed by atoms with E-state index in [4.69, 9.17) is 4.74 Å². The Kier molecular flexibility index (Phi) is 4.40. The zero-order valence-corrected chi connectivity index (χ0v) is 12.9. The van der Waals surface area contributed by atoms with Gasteiger partial charge in [0, 0.05) is 9.80 Å². The fourth-order valence-corrected chi connectivity index (χ4v) is 2.11. The minimum absolute atomic E-state index is 0.237. The maximum Gasteiger partial charge on any atom is 0.166 e. The SMILES string of the molecule is Cc1cc(Oc2ccc(CBr)cc2F)ccc1Br. The van der Waals surface area contributed by atoms with Crippen molar-refractivity contribution < 1.29 is 9.13 Å². The Morgan fingerprint density at radius 2 is 1.94 bits per heavy atom. The van der Waals surface area contributed by atoms with Crippen LogP contribution in [0.5, 0.6) is 11.5 Å². The molecule has 0 unspecified atom stereocenters. The van der Waals surface area contributed by atoms with Gasteiger partial charge in [-0.05, 0) is 48.4 Å². The molecular formula is C14H11Br2FO. The average Bonchev–Trinajstić information content (AvgIpc) is 2.36. The summed E-state index contributed by atoms with van der Waals surface area (Å²) in [7, 11) is 0. The number of hydrogen-bond donors (Lipinski definition) is 0. The van der Waals surface area contributed by atoms with Crippen molar-refractivity contribution in [2.45, 2.75) is 12.3 Å². The van der Waals surface area contributed by atoms with Crippen molar-refractivity contribution in [1.82, 2.24) is 0 Å². The highest BCUT2D eigenvalue weighted by Crippen LogP contribution is 2.28. The molecule has 2 aromatic carbocycles. The van der Waals surface area contributed by atoms with E-state index in [2.05, 4.69) is 31.9 Å². The number of hydrogen-bond acceptors (Lipinski definition) is 1. The van der Waals surface area contributed by atoms with Crippen molar-refractivity contribution in [3.8, 4) is 11.5 Å². The third-order valence-corrected chi connectivity index (χ3v) is 4.05. The molecule has 2 aromatic rings. The van der Waals surface area contributed by atoms with Crippen LogP contribution in [0.3, 0.4) is 0 Å². The van der Waals surface area contributed by atoms with Crippen LogP contribution in [-0.4, -0.2) is 0 Å². The Morgan fingerprint density at radius 1 is 1.17 bits per heavy atom. The van der Waals surface area contributed by atoms with Gasteiger partial charge in [0.05, 0.1) is 0 Å². The summed E-state index contributed by atoms with van der Waals surface area (Å²) in [5.74, 6) is 0.509. The van der Waals surface area contributed by atoms with E-state index in [9.17, 15) is 4.39 Å². The number of benzene rings is 2. The van der Waals surface area contributed by atoms with Crippen LogP contribution in [0.1, 0.15) is 11.1 Å². The molecule has 0 N–H and O–H groups in total. The van der Waals surface area contributed by atoms with E-state index in [1.54, 1.807) is 12.1 Å². The minimum Gasteiger partial charge on any atom is -0.454 e. The second-order valence-corrected chi connectivity index (χ2v) is 5.33. The fourth-order valence-electron chi connectivity index (χ4n) is 1.52. The first-order chi connectivity index (χ1) is 8.60. The molecule has 2 rings (SSSR count).